The van der Waals surface area contributed by atoms with E-state index in [1.165, 1.54) is 18.1 Å². The average molecular weight is 590 g/mol. The molecule has 11 heteroatoms. The van der Waals surface area contributed by atoms with Crippen LogP contribution in [-0.4, -0.2) is 64.7 Å². The topological polar surface area (TPSA) is 145 Å². The molecule has 0 aliphatic carbocycles. The zero-order valence-corrected chi connectivity index (χ0v) is 24.4. The number of benzene rings is 2. The van der Waals surface area contributed by atoms with Gasteiger partial charge in [-0.1, -0.05) is 60.7 Å². The van der Waals surface area contributed by atoms with E-state index in [2.05, 4.69) is 10.3 Å². The first-order chi connectivity index (χ1) is 20.6. The van der Waals surface area contributed by atoms with E-state index in [4.69, 9.17) is 13.9 Å². The van der Waals surface area contributed by atoms with Gasteiger partial charge in [0.2, 0.25) is 18.1 Å². The molecule has 1 N–H and O–H groups in total. The van der Waals surface area contributed by atoms with Crippen LogP contribution in [0.3, 0.4) is 0 Å². The number of hydrogen-bond acceptors (Lipinski definition) is 9. The Morgan fingerprint density at radius 1 is 0.884 bits per heavy atom. The van der Waals surface area contributed by atoms with Crippen molar-refractivity contribution in [2.75, 3.05) is 13.1 Å². The summed E-state index contributed by atoms with van der Waals surface area (Å²) < 4.78 is 16.0. The molecule has 1 fully saturated rings. The number of esters is 2. The lowest BCUT2D eigenvalue weighted by atomic mass is 9.70. The van der Waals surface area contributed by atoms with E-state index in [-0.39, 0.29) is 31.3 Å². The number of Topliss-reactive ketones (excluding diaryl/α,β-unsaturated/α-hetero) is 1. The molecule has 11 nitrogen and oxygen atoms in total. The number of nitrogens with one attached hydrogen (secondary N) is 1. The number of ether oxygens (including phenoxy) is 2. The molecule has 1 saturated heterocycles. The first-order valence-corrected chi connectivity index (χ1v) is 14.0. The van der Waals surface area contributed by atoms with Gasteiger partial charge in [-0.3, -0.25) is 24.0 Å². The summed E-state index contributed by atoms with van der Waals surface area (Å²) in [6.07, 6.45) is -0.809. The fourth-order valence-corrected chi connectivity index (χ4v) is 5.32. The lowest BCUT2D eigenvalue weighted by molar-refractivity contribution is -0.178. The SMILES string of the molecule is CC(=O)O[C@@H](C(=O)NCc1nc(Cc2ccccc2)co1)[C@@H](OC(C)=O)C(=O)N1CCC(C(C)=O)(c2ccccc2)CC1. The van der Waals surface area contributed by atoms with Crippen LogP contribution in [0.25, 0.3) is 0 Å². The molecule has 226 valence electrons. The molecule has 2 aromatic carbocycles. The maximum atomic E-state index is 13.7. The minimum absolute atomic E-state index is 0.0158. The van der Waals surface area contributed by atoms with Crippen LogP contribution >= 0.6 is 0 Å². The summed E-state index contributed by atoms with van der Waals surface area (Å²) in [6.45, 7) is 3.89. The number of oxazole rings is 1. The fraction of sp³-hybridized carbons (Fsp3) is 0.375. The Morgan fingerprint density at radius 2 is 1.47 bits per heavy atom. The van der Waals surface area contributed by atoms with Crippen LogP contribution in [0, 0.1) is 0 Å². The highest BCUT2D eigenvalue weighted by Crippen LogP contribution is 2.37. The van der Waals surface area contributed by atoms with Crippen LogP contribution < -0.4 is 5.32 Å². The van der Waals surface area contributed by atoms with E-state index in [1.54, 1.807) is 0 Å². The molecule has 0 spiro atoms. The number of likely N-dealkylation sites (tertiary alicyclic amines) is 1. The molecule has 2 heterocycles. The highest BCUT2D eigenvalue weighted by molar-refractivity contribution is 5.94. The van der Waals surface area contributed by atoms with Crippen molar-refractivity contribution in [2.45, 2.75) is 64.2 Å². The van der Waals surface area contributed by atoms with Crippen molar-refractivity contribution < 1.29 is 37.9 Å². The second-order valence-corrected chi connectivity index (χ2v) is 10.5. The number of nitrogens with zero attached hydrogens (tertiary/aromatic N) is 2. The zero-order valence-electron chi connectivity index (χ0n) is 24.4. The number of amides is 2. The lowest BCUT2D eigenvalue weighted by Gasteiger charge is -2.41. The molecule has 0 unspecified atom stereocenters. The van der Waals surface area contributed by atoms with Gasteiger partial charge in [0.1, 0.15) is 12.0 Å². The smallest absolute Gasteiger partial charge is 0.303 e. The Bertz CT molecular complexity index is 1450. The average Bonchev–Trinajstić information content (AvgIpc) is 3.45. The zero-order chi connectivity index (χ0) is 31.0. The molecule has 0 bridgehead atoms. The number of aromatic nitrogens is 1. The van der Waals surface area contributed by atoms with Gasteiger partial charge in [0.15, 0.2) is 0 Å². The molecule has 43 heavy (non-hydrogen) atoms. The summed E-state index contributed by atoms with van der Waals surface area (Å²) in [4.78, 5) is 69.6. The predicted octanol–water partition coefficient (Wildman–Crippen LogP) is 2.89. The number of piperidine rings is 1. The first-order valence-electron chi connectivity index (χ1n) is 14.0. The van der Waals surface area contributed by atoms with Crippen molar-refractivity contribution in [3.8, 4) is 0 Å². The van der Waals surface area contributed by atoms with Crippen molar-refractivity contribution in [3.05, 3.63) is 89.6 Å². The standard InChI is InChI=1S/C32H35N3O8/c1-21(36)32(25-12-8-5-9-13-25)14-16-35(17-15-32)31(40)29(43-23(3)38)28(42-22(2)37)30(39)33-19-27-34-26(20-41-27)18-24-10-6-4-7-11-24/h4-13,20,28-29H,14-19H2,1-3H3,(H,33,39)/t28-,29-/m1/s1. The van der Waals surface area contributed by atoms with E-state index in [1.807, 2.05) is 60.7 Å². The molecule has 1 aliphatic rings. The molecular formula is C32H35N3O8. The van der Waals surface area contributed by atoms with Gasteiger partial charge in [-0.15, -0.1) is 0 Å². The Morgan fingerprint density at radius 3 is 2.05 bits per heavy atom. The number of carbonyl (C=O) groups excluding carboxylic acids is 5. The minimum atomic E-state index is -1.76. The molecule has 1 aromatic heterocycles. The van der Waals surface area contributed by atoms with Gasteiger partial charge in [-0.25, -0.2) is 4.98 Å². The number of hydrogen-bond donors (Lipinski definition) is 1. The van der Waals surface area contributed by atoms with Crippen LogP contribution in [0.1, 0.15) is 56.3 Å². The third-order valence-corrected chi connectivity index (χ3v) is 7.53. The Kier molecular flexibility index (Phi) is 10.1. The monoisotopic (exact) mass is 589 g/mol. The summed E-state index contributed by atoms with van der Waals surface area (Å²) in [5.74, 6) is -3.06. The normalized spacial score (nSPS) is 15.6. The van der Waals surface area contributed by atoms with Crippen LogP contribution in [0.4, 0.5) is 0 Å². The van der Waals surface area contributed by atoms with Crippen molar-refractivity contribution in [2.24, 2.45) is 0 Å². The minimum Gasteiger partial charge on any atom is -0.448 e. The van der Waals surface area contributed by atoms with E-state index >= 15 is 0 Å². The van der Waals surface area contributed by atoms with Gasteiger partial charge < -0.3 is 24.1 Å². The molecule has 0 saturated carbocycles. The van der Waals surface area contributed by atoms with Crippen LogP contribution in [0.15, 0.2) is 71.3 Å². The summed E-state index contributed by atoms with van der Waals surface area (Å²) >= 11 is 0. The van der Waals surface area contributed by atoms with Crippen LogP contribution in [0.2, 0.25) is 0 Å². The summed E-state index contributed by atoms with van der Waals surface area (Å²) in [6, 6.07) is 19.0. The van der Waals surface area contributed by atoms with Crippen LogP contribution in [0.5, 0.6) is 0 Å². The molecule has 1 aliphatic heterocycles. The predicted molar refractivity (Wildman–Crippen MR) is 153 cm³/mol. The van der Waals surface area contributed by atoms with Gasteiger partial charge >= 0.3 is 11.9 Å². The van der Waals surface area contributed by atoms with E-state index in [0.717, 1.165) is 25.0 Å². The van der Waals surface area contributed by atoms with Gasteiger partial charge in [0.05, 0.1) is 17.7 Å². The Labute approximate surface area is 249 Å². The molecule has 0 radical (unpaired) electrons. The molecule has 4 rings (SSSR count). The van der Waals surface area contributed by atoms with Gasteiger partial charge in [0, 0.05) is 33.4 Å². The van der Waals surface area contributed by atoms with Gasteiger partial charge in [0.25, 0.3) is 11.8 Å². The Hall–Kier alpha value is -4.80. The third-order valence-electron chi connectivity index (χ3n) is 7.53. The number of rotatable bonds is 11. The molecule has 2 atom stereocenters. The van der Waals surface area contributed by atoms with Crippen molar-refractivity contribution in [1.82, 2.24) is 15.2 Å². The first kappa shape index (κ1) is 31.1. The highest BCUT2D eigenvalue weighted by atomic mass is 16.6. The highest BCUT2D eigenvalue weighted by Gasteiger charge is 2.46. The lowest BCUT2D eigenvalue weighted by Crippen LogP contribution is -2.57. The van der Waals surface area contributed by atoms with Crippen molar-refractivity contribution in [3.63, 3.8) is 0 Å². The molecular weight excluding hydrogens is 554 g/mol. The quantitative estimate of drug-likeness (QED) is 0.334. The third kappa shape index (κ3) is 7.73. The maximum absolute atomic E-state index is 13.7. The summed E-state index contributed by atoms with van der Waals surface area (Å²) in [7, 11) is 0. The van der Waals surface area contributed by atoms with Gasteiger partial charge in [-0.2, -0.15) is 0 Å². The fourth-order valence-electron chi connectivity index (χ4n) is 5.32. The van der Waals surface area contributed by atoms with Crippen molar-refractivity contribution in [1.29, 1.82) is 0 Å². The van der Waals surface area contributed by atoms with E-state index in [0.29, 0.717) is 25.0 Å². The second kappa shape index (κ2) is 13.9. The van der Waals surface area contributed by atoms with Crippen LogP contribution in [-0.2, 0) is 51.8 Å². The maximum Gasteiger partial charge on any atom is 0.303 e. The summed E-state index contributed by atoms with van der Waals surface area (Å²) in [5, 5.41) is 2.56. The summed E-state index contributed by atoms with van der Waals surface area (Å²) in [5.41, 5.74) is 1.78. The van der Waals surface area contributed by atoms with Crippen molar-refractivity contribution >= 4 is 29.5 Å². The van der Waals surface area contributed by atoms with E-state index < -0.39 is 41.4 Å². The Balaban J connectivity index is 1.46. The molecule has 2 amide bonds. The largest absolute Gasteiger partial charge is 0.448 e. The second-order valence-electron chi connectivity index (χ2n) is 10.5. The number of carbonyl (C=O) groups is 5. The number of ketones is 1. The molecule has 3 aromatic rings. The van der Waals surface area contributed by atoms with Gasteiger partial charge in [-0.05, 0) is 30.9 Å². The van der Waals surface area contributed by atoms with E-state index in [9.17, 15) is 24.0 Å².